The molecule has 1 atom stereocenters. The smallest absolute Gasteiger partial charge is 0.103 e. The van der Waals surface area contributed by atoms with Crippen LogP contribution in [0.25, 0.3) is 10.9 Å². The largest absolute Gasteiger partial charge is 0.391 e. The fraction of sp³-hybridized carbons (Fsp3) is 0.375. The molecule has 2 aromatic rings. The maximum Gasteiger partial charge on any atom is 0.103 e. The van der Waals surface area contributed by atoms with Gasteiger partial charge in [0.25, 0.3) is 0 Å². The Morgan fingerprint density at radius 1 is 1.35 bits per heavy atom. The topological polar surface area (TPSA) is 68.9 Å². The first-order valence-electron chi connectivity index (χ1n) is 6.81. The van der Waals surface area contributed by atoms with E-state index in [-0.39, 0.29) is 0 Å². The van der Waals surface area contributed by atoms with Gasteiger partial charge in [-0.3, -0.25) is 4.98 Å². The lowest BCUT2D eigenvalue weighted by atomic mass is 10.1. The second-order valence-electron chi connectivity index (χ2n) is 5.34. The highest BCUT2D eigenvalue weighted by Crippen LogP contribution is 2.25. The minimum Gasteiger partial charge on any atom is -0.391 e. The molecule has 2 N–H and O–H groups in total. The Bertz CT molecular complexity index is 631. The number of pyridine rings is 1. The van der Waals surface area contributed by atoms with Crippen LogP contribution in [-0.4, -0.2) is 22.7 Å². The van der Waals surface area contributed by atoms with Gasteiger partial charge in [0.05, 0.1) is 22.9 Å². The summed E-state index contributed by atoms with van der Waals surface area (Å²) in [5.41, 5.74) is 2.09. The molecule has 104 valence electrons. The minimum absolute atomic E-state index is 0.423. The first-order valence-corrected chi connectivity index (χ1v) is 6.81. The first kappa shape index (κ1) is 14.3. The average molecular weight is 269 g/mol. The number of aromatic nitrogens is 1. The third-order valence-electron chi connectivity index (χ3n) is 3.15. The highest BCUT2D eigenvalue weighted by molar-refractivity contribution is 5.93. The molecular weight excluding hydrogens is 250 g/mol. The van der Waals surface area contributed by atoms with Gasteiger partial charge in [-0.05, 0) is 18.4 Å². The van der Waals surface area contributed by atoms with E-state index in [0.717, 1.165) is 23.0 Å². The summed E-state index contributed by atoms with van der Waals surface area (Å²) in [4.78, 5) is 4.26. The fourth-order valence-electron chi connectivity index (χ4n) is 2.26. The number of hydrogen-bond acceptors (Lipinski definition) is 4. The Hall–Kier alpha value is -2.12. The van der Waals surface area contributed by atoms with Crippen LogP contribution in [-0.2, 0) is 0 Å². The molecule has 0 aliphatic carbocycles. The zero-order chi connectivity index (χ0) is 14.5. The van der Waals surface area contributed by atoms with Gasteiger partial charge in [-0.25, -0.2) is 0 Å². The van der Waals surface area contributed by atoms with Gasteiger partial charge in [-0.1, -0.05) is 32.0 Å². The van der Waals surface area contributed by atoms with E-state index in [9.17, 15) is 10.4 Å². The van der Waals surface area contributed by atoms with Crippen molar-refractivity contribution in [1.29, 1.82) is 5.26 Å². The van der Waals surface area contributed by atoms with E-state index < -0.39 is 6.10 Å². The fourth-order valence-corrected chi connectivity index (χ4v) is 2.26. The van der Waals surface area contributed by atoms with Crippen LogP contribution in [0.15, 0.2) is 30.5 Å². The summed E-state index contributed by atoms with van der Waals surface area (Å²) in [6.45, 7) is 4.58. The maximum absolute atomic E-state index is 9.96. The molecule has 0 aliphatic rings. The molecule has 0 saturated carbocycles. The number of hydrogen-bond donors (Lipinski definition) is 2. The summed E-state index contributed by atoms with van der Waals surface area (Å²) in [5.74, 6) is 0.441. The van der Waals surface area contributed by atoms with Gasteiger partial charge < -0.3 is 10.4 Å². The normalized spacial score (nSPS) is 12.3. The van der Waals surface area contributed by atoms with Crippen molar-refractivity contribution < 1.29 is 5.11 Å². The zero-order valence-electron chi connectivity index (χ0n) is 11.8. The Balaban J connectivity index is 2.26. The van der Waals surface area contributed by atoms with Crippen molar-refractivity contribution in [2.24, 2.45) is 5.92 Å². The van der Waals surface area contributed by atoms with E-state index in [0.29, 0.717) is 18.0 Å². The third-order valence-corrected chi connectivity index (χ3v) is 3.15. The molecule has 0 aliphatic heterocycles. The number of nitrogens with zero attached hydrogens (tertiary/aromatic N) is 2. The number of nitriles is 1. The van der Waals surface area contributed by atoms with E-state index in [2.05, 4.69) is 30.2 Å². The number of anilines is 1. The molecule has 1 unspecified atom stereocenters. The lowest BCUT2D eigenvalue weighted by Crippen LogP contribution is -2.21. The summed E-state index contributed by atoms with van der Waals surface area (Å²) in [5, 5.41) is 23.3. The molecule has 0 saturated heterocycles. The van der Waals surface area contributed by atoms with Crippen molar-refractivity contribution in [2.75, 3.05) is 11.9 Å². The van der Waals surface area contributed by atoms with Crippen LogP contribution in [0.1, 0.15) is 25.8 Å². The SMILES string of the molecule is CC(C)CC(O)CNc1c(C#N)cnc2ccccc12. The number of aliphatic hydroxyl groups excluding tert-OH is 1. The van der Waals surface area contributed by atoms with Crippen molar-refractivity contribution >= 4 is 16.6 Å². The van der Waals surface area contributed by atoms with E-state index in [4.69, 9.17) is 0 Å². The van der Waals surface area contributed by atoms with Crippen LogP contribution in [0.5, 0.6) is 0 Å². The van der Waals surface area contributed by atoms with E-state index >= 15 is 0 Å². The molecule has 0 amide bonds. The number of fused-ring (bicyclic) bond motifs is 1. The quantitative estimate of drug-likeness (QED) is 0.875. The first-order chi connectivity index (χ1) is 9.61. The van der Waals surface area contributed by atoms with Gasteiger partial charge in [0.1, 0.15) is 6.07 Å². The number of rotatable bonds is 5. The van der Waals surface area contributed by atoms with Gasteiger partial charge in [-0.15, -0.1) is 0 Å². The van der Waals surface area contributed by atoms with Crippen molar-refractivity contribution in [2.45, 2.75) is 26.4 Å². The number of benzene rings is 1. The van der Waals surface area contributed by atoms with Crippen molar-refractivity contribution in [3.05, 3.63) is 36.0 Å². The average Bonchev–Trinajstić information content (AvgIpc) is 2.43. The van der Waals surface area contributed by atoms with Crippen LogP contribution >= 0.6 is 0 Å². The van der Waals surface area contributed by atoms with E-state index in [1.165, 1.54) is 0 Å². The predicted molar refractivity (Wildman–Crippen MR) is 80.4 cm³/mol. The summed E-state index contributed by atoms with van der Waals surface area (Å²) < 4.78 is 0. The molecule has 1 heterocycles. The molecule has 1 aromatic carbocycles. The number of aliphatic hydroxyl groups is 1. The Morgan fingerprint density at radius 3 is 2.80 bits per heavy atom. The summed E-state index contributed by atoms with van der Waals surface area (Å²) >= 11 is 0. The van der Waals surface area contributed by atoms with Crippen LogP contribution in [0.2, 0.25) is 0 Å². The molecule has 20 heavy (non-hydrogen) atoms. The van der Waals surface area contributed by atoms with Crippen molar-refractivity contribution in [1.82, 2.24) is 4.98 Å². The highest BCUT2D eigenvalue weighted by Gasteiger charge is 2.11. The minimum atomic E-state index is -0.423. The Morgan fingerprint density at radius 2 is 2.10 bits per heavy atom. The van der Waals surface area contributed by atoms with E-state index in [1.807, 2.05) is 24.3 Å². The van der Waals surface area contributed by atoms with Crippen molar-refractivity contribution in [3.63, 3.8) is 0 Å². The zero-order valence-corrected chi connectivity index (χ0v) is 11.8. The van der Waals surface area contributed by atoms with Gasteiger partial charge in [0.2, 0.25) is 0 Å². The molecule has 4 nitrogen and oxygen atoms in total. The number of nitrogens with one attached hydrogen (secondary N) is 1. The molecule has 2 rings (SSSR count). The van der Waals surface area contributed by atoms with Crippen molar-refractivity contribution in [3.8, 4) is 6.07 Å². The molecule has 0 fully saturated rings. The van der Waals surface area contributed by atoms with Crippen LogP contribution in [0, 0.1) is 17.2 Å². The number of para-hydroxylation sites is 1. The predicted octanol–water partition coefficient (Wildman–Crippen LogP) is 2.93. The summed E-state index contributed by atoms with van der Waals surface area (Å²) in [6, 6.07) is 9.82. The van der Waals surface area contributed by atoms with Crippen LogP contribution < -0.4 is 5.32 Å². The Labute approximate surface area is 119 Å². The monoisotopic (exact) mass is 269 g/mol. The summed E-state index contributed by atoms with van der Waals surface area (Å²) in [7, 11) is 0. The molecule has 0 radical (unpaired) electrons. The standard InChI is InChI=1S/C16H19N3O/c1-11(2)7-13(20)10-19-16-12(8-17)9-18-15-6-4-3-5-14(15)16/h3-6,9,11,13,20H,7,10H2,1-2H3,(H,18,19). The Kier molecular flexibility index (Phi) is 4.54. The second-order valence-corrected chi connectivity index (χ2v) is 5.34. The molecule has 0 bridgehead atoms. The van der Waals surface area contributed by atoms with Gasteiger partial charge in [0, 0.05) is 18.1 Å². The third kappa shape index (κ3) is 3.25. The molecule has 0 spiro atoms. The highest BCUT2D eigenvalue weighted by atomic mass is 16.3. The van der Waals surface area contributed by atoms with Crippen LogP contribution in [0.4, 0.5) is 5.69 Å². The van der Waals surface area contributed by atoms with Gasteiger partial charge in [-0.2, -0.15) is 5.26 Å². The molecular formula is C16H19N3O. The molecule has 1 aromatic heterocycles. The lowest BCUT2D eigenvalue weighted by molar-refractivity contribution is 0.161. The summed E-state index contributed by atoms with van der Waals surface area (Å²) in [6.07, 6.45) is 1.88. The van der Waals surface area contributed by atoms with Gasteiger partial charge >= 0.3 is 0 Å². The van der Waals surface area contributed by atoms with E-state index in [1.54, 1.807) is 6.20 Å². The van der Waals surface area contributed by atoms with Gasteiger partial charge in [0.15, 0.2) is 0 Å². The lowest BCUT2D eigenvalue weighted by Gasteiger charge is -2.16. The second kappa shape index (κ2) is 6.36. The van der Waals surface area contributed by atoms with Crippen LogP contribution in [0.3, 0.4) is 0 Å². The molecule has 4 heteroatoms. The maximum atomic E-state index is 9.96.